The molecule has 0 aromatic heterocycles. The van der Waals surface area contributed by atoms with Gasteiger partial charge in [0.2, 0.25) is 0 Å². The lowest BCUT2D eigenvalue weighted by molar-refractivity contribution is -0.180. The van der Waals surface area contributed by atoms with Crippen LogP contribution in [-0.4, -0.2) is 32.7 Å². The van der Waals surface area contributed by atoms with Crippen molar-refractivity contribution >= 4 is 23.1 Å². The fourth-order valence-corrected chi connectivity index (χ4v) is 8.11. The fourth-order valence-electron chi connectivity index (χ4n) is 8.11. The molecule has 0 aliphatic heterocycles. The second-order valence-electron chi connectivity index (χ2n) is 15.8. The maximum absolute atomic E-state index is 15.7. The van der Waals surface area contributed by atoms with E-state index in [9.17, 15) is 15.3 Å². The van der Waals surface area contributed by atoms with E-state index in [1.165, 1.54) is 12.1 Å². The average molecular weight is 671 g/mol. The average Bonchev–Trinajstić information content (AvgIpc) is 3.00. The maximum Gasteiger partial charge on any atom is 0.184 e. The van der Waals surface area contributed by atoms with Crippen molar-refractivity contribution in [2.24, 2.45) is 28.1 Å². The summed E-state index contributed by atoms with van der Waals surface area (Å²) >= 11 is 0. The number of aromatic hydroxyl groups is 2. The number of carbonyl (C=O) groups excluding carboxylic acids is 3. The lowest BCUT2D eigenvalue weighted by atomic mass is 9.37. The van der Waals surface area contributed by atoms with E-state index in [1.807, 2.05) is 68.4 Å². The van der Waals surface area contributed by atoms with E-state index >= 15 is 14.4 Å². The molecular weight excluding hydrogens is 612 g/mol. The zero-order valence-electron chi connectivity index (χ0n) is 31.3. The van der Waals surface area contributed by atoms with E-state index in [0.717, 1.165) is 33.9 Å². The van der Waals surface area contributed by atoms with Crippen molar-refractivity contribution in [2.75, 3.05) is 0 Å². The van der Waals surface area contributed by atoms with Crippen molar-refractivity contribution in [3.8, 4) is 11.5 Å². The van der Waals surface area contributed by atoms with Crippen LogP contribution in [0, 0.1) is 28.1 Å². The summed E-state index contributed by atoms with van der Waals surface area (Å²) in [5, 5.41) is 32.2. The normalized spacial score (nSPS) is 26.5. The molecule has 1 aromatic carbocycles. The van der Waals surface area contributed by atoms with Gasteiger partial charge in [-0.25, -0.2) is 0 Å². The maximum atomic E-state index is 15.7. The summed E-state index contributed by atoms with van der Waals surface area (Å²) < 4.78 is 0. The van der Waals surface area contributed by atoms with Gasteiger partial charge in [-0.15, -0.1) is 6.58 Å². The smallest absolute Gasteiger partial charge is 0.184 e. The Balaban J connectivity index is 2.54. The van der Waals surface area contributed by atoms with E-state index in [1.54, 1.807) is 0 Å². The van der Waals surface area contributed by atoms with Gasteiger partial charge in [0.25, 0.3) is 0 Å². The van der Waals surface area contributed by atoms with Gasteiger partial charge in [-0.1, -0.05) is 59.6 Å². The van der Waals surface area contributed by atoms with Crippen LogP contribution in [0.5, 0.6) is 11.5 Å². The minimum absolute atomic E-state index is 0.0120. The molecule has 0 radical (unpaired) electrons. The number of allylic oxidation sites excluding steroid dienone is 9. The predicted molar refractivity (Wildman–Crippen MR) is 199 cm³/mol. The van der Waals surface area contributed by atoms with E-state index in [4.69, 9.17) is 0 Å². The molecular formula is C43H58O6. The number of Topliss-reactive ketones (excluding diaryl/α,β-unsaturated/α-hetero) is 3. The molecule has 0 amide bonds. The SMILES string of the molecule is C=C(C)CC[C@H](C[C@@]12C[C@H](CC=C(C)C)[C@](C)(CCC=C(C)C)[C@@](CC=C(C)C)(C(=O)C(=C(O)c3ccc(O)c(O)c3)C1=O)C2=O)C(=C)C. The first-order valence-electron chi connectivity index (χ1n) is 17.5. The van der Waals surface area contributed by atoms with Gasteiger partial charge in [0.05, 0.1) is 5.41 Å². The van der Waals surface area contributed by atoms with Crippen LogP contribution in [0.4, 0.5) is 0 Å². The first kappa shape index (κ1) is 39.5. The molecule has 5 atom stereocenters. The lowest BCUT2D eigenvalue weighted by Crippen LogP contribution is -2.70. The van der Waals surface area contributed by atoms with Crippen LogP contribution in [0.3, 0.4) is 0 Å². The number of hydrogen-bond donors (Lipinski definition) is 3. The summed E-state index contributed by atoms with van der Waals surface area (Å²) in [6.45, 7) is 26.2. The van der Waals surface area contributed by atoms with E-state index in [0.29, 0.717) is 32.1 Å². The van der Waals surface area contributed by atoms with E-state index in [-0.39, 0.29) is 42.4 Å². The first-order chi connectivity index (χ1) is 22.7. The summed E-state index contributed by atoms with van der Waals surface area (Å²) in [5.41, 5.74) is 0.507. The molecule has 266 valence electrons. The Labute approximate surface area is 294 Å². The number of benzene rings is 1. The van der Waals surface area contributed by atoms with Gasteiger partial charge in [-0.2, -0.15) is 0 Å². The molecule has 0 unspecified atom stereocenters. The molecule has 2 aliphatic carbocycles. The van der Waals surface area contributed by atoms with Crippen molar-refractivity contribution in [2.45, 2.75) is 114 Å². The number of rotatable bonds is 14. The Morgan fingerprint density at radius 2 is 1.51 bits per heavy atom. The lowest BCUT2D eigenvalue weighted by Gasteiger charge is -2.62. The first-order valence-corrected chi connectivity index (χ1v) is 17.5. The minimum Gasteiger partial charge on any atom is -0.506 e. The number of aliphatic hydroxyl groups is 1. The standard InChI is InChI=1S/C43H58O6/c1-26(2)13-12-21-41(11)33(18-15-28(5)6)25-42(24-32(30(9)10)16-14-27(3)4)38(47)36(37(46)31-17-19-34(44)35(45)23-31)39(48)43(41,40(42)49)22-20-29(7)8/h13,15,17,19-20,23,32-33,44-46H,3,9,12,14,16,18,21-22,24-25H2,1-2,4-8,10-11H3/t32-,33+,41+,42-,43+/m1/s1. The van der Waals surface area contributed by atoms with Gasteiger partial charge < -0.3 is 15.3 Å². The number of phenolic OH excluding ortho intramolecular Hbond substituents is 2. The fraction of sp³-hybridized carbons (Fsp3) is 0.512. The second kappa shape index (κ2) is 15.3. The highest BCUT2D eigenvalue weighted by molar-refractivity contribution is 6.41. The molecule has 0 heterocycles. The van der Waals surface area contributed by atoms with Crippen molar-refractivity contribution in [3.63, 3.8) is 0 Å². The van der Waals surface area contributed by atoms with Gasteiger partial charge in [0, 0.05) is 5.56 Å². The molecule has 0 spiro atoms. The van der Waals surface area contributed by atoms with Gasteiger partial charge in [-0.3, -0.25) is 14.4 Å². The summed E-state index contributed by atoms with van der Waals surface area (Å²) in [6.07, 6.45) is 9.83. The van der Waals surface area contributed by atoms with Crippen molar-refractivity contribution in [1.29, 1.82) is 0 Å². The Morgan fingerprint density at radius 3 is 2.04 bits per heavy atom. The van der Waals surface area contributed by atoms with Gasteiger partial charge >= 0.3 is 0 Å². The zero-order valence-corrected chi connectivity index (χ0v) is 31.3. The number of carbonyl (C=O) groups is 3. The molecule has 2 bridgehead atoms. The Hall–Kier alpha value is -3.93. The van der Waals surface area contributed by atoms with Crippen LogP contribution < -0.4 is 0 Å². The summed E-state index contributed by atoms with van der Waals surface area (Å²) in [5.74, 6) is -3.59. The molecule has 6 heteroatoms. The molecule has 2 saturated carbocycles. The Kier molecular flexibility index (Phi) is 12.3. The van der Waals surface area contributed by atoms with Crippen molar-refractivity contribution in [1.82, 2.24) is 0 Å². The quantitative estimate of drug-likeness (QED) is 0.0453. The van der Waals surface area contributed by atoms with Crippen LogP contribution in [0.2, 0.25) is 0 Å². The highest BCUT2D eigenvalue weighted by atomic mass is 16.3. The van der Waals surface area contributed by atoms with Crippen LogP contribution in [-0.2, 0) is 14.4 Å². The molecule has 49 heavy (non-hydrogen) atoms. The highest BCUT2D eigenvalue weighted by Crippen LogP contribution is 2.67. The molecule has 2 fully saturated rings. The molecule has 1 aromatic rings. The zero-order chi connectivity index (χ0) is 37.1. The number of phenols is 2. The topological polar surface area (TPSA) is 112 Å². The third-order valence-electron chi connectivity index (χ3n) is 11.1. The Morgan fingerprint density at radius 1 is 0.898 bits per heavy atom. The van der Waals surface area contributed by atoms with Crippen molar-refractivity contribution < 1.29 is 29.7 Å². The summed E-state index contributed by atoms with van der Waals surface area (Å²) in [4.78, 5) is 46.2. The van der Waals surface area contributed by atoms with Crippen LogP contribution in [0.15, 0.2) is 83.0 Å². The van der Waals surface area contributed by atoms with E-state index in [2.05, 4.69) is 25.3 Å². The summed E-state index contributed by atoms with van der Waals surface area (Å²) in [7, 11) is 0. The molecule has 0 saturated heterocycles. The number of fused-ring (bicyclic) bond motifs is 2. The molecule has 6 nitrogen and oxygen atoms in total. The Bertz CT molecular complexity index is 1640. The minimum atomic E-state index is -1.65. The highest BCUT2D eigenvalue weighted by Gasteiger charge is 2.74. The monoisotopic (exact) mass is 670 g/mol. The molecule has 2 aliphatic rings. The largest absolute Gasteiger partial charge is 0.506 e. The van der Waals surface area contributed by atoms with Gasteiger partial charge in [-0.05, 0) is 142 Å². The van der Waals surface area contributed by atoms with Crippen LogP contribution >= 0.6 is 0 Å². The summed E-state index contributed by atoms with van der Waals surface area (Å²) in [6, 6.07) is 3.69. The van der Waals surface area contributed by atoms with E-state index < -0.39 is 50.6 Å². The number of hydrogen-bond acceptors (Lipinski definition) is 6. The number of ketones is 3. The number of aliphatic hydroxyl groups excluding tert-OH is 1. The predicted octanol–water partition coefficient (Wildman–Crippen LogP) is 10.5. The third kappa shape index (κ3) is 7.64. The third-order valence-corrected chi connectivity index (χ3v) is 11.1. The van der Waals surface area contributed by atoms with Crippen LogP contribution in [0.1, 0.15) is 119 Å². The van der Waals surface area contributed by atoms with Crippen LogP contribution in [0.25, 0.3) is 5.76 Å². The molecule has 3 N–H and O–H groups in total. The molecule has 3 rings (SSSR count). The van der Waals surface area contributed by atoms with Crippen molar-refractivity contribution in [3.05, 3.63) is 88.6 Å². The van der Waals surface area contributed by atoms with Gasteiger partial charge in [0.1, 0.15) is 16.7 Å². The van der Waals surface area contributed by atoms with Gasteiger partial charge in [0.15, 0.2) is 28.8 Å². The second-order valence-corrected chi connectivity index (χ2v) is 15.8.